The fourth-order valence-corrected chi connectivity index (χ4v) is 2.22. The van der Waals surface area contributed by atoms with Crippen LogP contribution in [0, 0.1) is 5.92 Å². The monoisotopic (exact) mass is 225 g/mol. The lowest BCUT2D eigenvalue weighted by Gasteiger charge is -2.09. The lowest BCUT2D eigenvalue weighted by atomic mass is 10.0. The average Bonchev–Trinajstić information content (AvgIpc) is 2.31. The molecule has 0 heterocycles. The van der Waals surface area contributed by atoms with Crippen molar-refractivity contribution in [3.63, 3.8) is 0 Å². The SMILES string of the molecule is CC1Cc2ccc(Br)cc2C1N. The predicted octanol–water partition coefficient (Wildman–Crippen LogP) is 2.64. The minimum Gasteiger partial charge on any atom is -0.324 e. The Morgan fingerprint density at radius 1 is 1.50 bits per heavy atom. The van der Waals surface area contributed by atoms with Gasteiger partial charge in [-0.15, -0.1) is 0 Å². The van der Waals surface area contributed by atoms with E-state index in [2.05, 4.69) is 41.1 Å². The molecule has 0 radical (unpaired) electrons. The Hall–Kier alpha value is -0.340. The molecule has 1 aliphatic rings. The van der Waals surface area contributed by atoms with E-state index < -0.39 is 0 Å². The Morgan fingerprint density at radius 3 is 3.00 bits per heavy atom. The third kappa shape index (κ3) is 1.19. The van der Waals surface area contributed by atoms with Crippen molar-refractivity contribution in [2.24, 2.45) is 11.7 Å². The number of hydrogen-bond donors (Lipinski definition) is 1. The number of halogens is 1. The second kappa shape index (κ2) is 2.86. The molecule has 2 unspecified atom stereocenters. The van der Waals surface area contributed by atoms with Crippen molar-refractivity contribution in [3.05, 3.63) is 33.8 Å². The largest absolute Gasteiger partial charge is 0.324 e. The van der Waals surface area contributed by atoms with Crippen LogP contribution in [0.3, 0.4) is 0 Å². The van der Waals surface area contributed by atoms with Gasteiger partial charge in [0.05, 0.1) is 0 Å². The summed E-state index contributed by atoms with van der Waals surface area (Å²) < 4.78 is 1.13. The maximum absolute atomic E-state index is 6.04. The smallest absolute Gasteiger partial charge is 0.0327 e. The fraction of sp³-hybridized carbons (Fsp3) is 0.400. The molecule has 2 heteroatoms. The highest BCUT2D eigenvalue weighted by Gasteiger charge is 2.25. The first-order valence-corrected chi connectivity index (χ1v) is 5.01. The molecule has 0 amide bonds. The van der Waals surface area contributed by atoms with Gasteiger partial charge in [-0.05, 0) is 35.6 Å². The number of nitrogens with two attached hydrogens (primary N) is 1. The molecule has 0 fully saturated rings. The van der Waals surface area contributed by atoms with Gasteiger partial charge in [-0.3, -0.25) is 0 Å². The standard InChI is InChI=1S/C10H12BrN/c1-6-4-7-2-3-8(11)5-9(7)10(6)12/h2-3,5-6,10H,4,12H2,1H3. The zero-order valence-corrected chi connectivity index (χ0v) is 8.64. The van der Waals surface area contributed by atoms with Gasteiger partial charge in [-0.2, -0.15) is 0 Å². The molecule has 0 spiro atoms. The Labute approximate surface area is 81.1 Å². The van der Waals surface area contributed by atoms with E-state index in [9.17, 15) is 0 Å². The predicted molar refractivity (Wildman–Crippen MR) is 53.9 cm³/mol. The van der Waals surface area contributed by atoms with Gasteiger partial charge in [0.25, 0.3) is 0 Å². The van der Waals surface area contributed by atoms with Gasteiger partial charge in [0.2, 0.25) is 0 Å². The number of hydrogen-bond acceptors (Lipinski definition) is 1. The van der Waals surface area contributed by atoms with Crippen molar-refractivity contribution in [1.82, 2.24) is 0 Å². The summed E-state index contributed by atoms with van der Waals surface area (Å²) >= 11 is 3.46. The molecular formula is C10H12BrN. The van der Waals surface area contributed by atoms with Crippen LogP contribution in [0.1, 0.15) is 24.1 Å². The van der Waals surface area contributed by atoms with E-state index in [1.165, 1.54) is 11.1 Å². The summed E-state index contributed by atoms with van der Waals surface area (Å²) in [7, 11) is 0. The minimum absolute atomic E-state index is 0.234. The van der Waals surface area contributed by atoms with Crippen LogP contribution in [-0.4, -0.2) is 0 Å². The molecule has 0 bridgehead atoms. The van der Waals surface area contributed by atoms with Crippen molar-refractivity contribution in [3.8, 4) is 0 Å². The quantitative estimate of drug-likeness (QED) is 0.723. The molecule has 0 saturated heterocycles. The van der Waals surface area contributed by atoms with Crippen molar-refractivity contribution in [1.29, 1.82) is 0 Å². The van der Waals surface area contributed by atoms with Gasteiger partial charge in [0.1, 0.15) is 0 Å². The highest BCUT2D eigenvalue weighted by Crippen LogP contribution is 2.35. The van der Waals surface area contributed by atoms with E-state index >= 15 is 0 Å². The number of fused-ring (bicyclic) bond motifs is 1. The summed E-state index contributed by atoms with van der Waals surface area (Å²) in [5.74, 6) is 0.592. The minimum atomic E-state index is 0.234. The normalized spacial score (nSPS) is 27.2. The van der Waals surface area contributed by atoms with Crippen LogP contribution in [0.25, 0.3) is 0 Å². The molecule has 0 saturated carbocycles. The van der Waals surface area contributed by atoms with Crippen LogP contribution in [0.15, 0.2) is 22.7 Å². The van der Waals surface area contributed by atoms with Crippen LogP contribution >= 0.6 is 15.9 Å². The first-order valence-electron chi connectivity index (χ1n) is 4.22. The maximum Gasteiger partial charge on any atom is 0.0327 e. The number of rotatable bonds is 0. The van der Waals surface area contributed by atoms with Crippen LogP contribution in [0.2, 0.25) is 0 Å². The van der Waals surface area contributed by atoms with Crippen LogP contribution in [0.4, 0.5) is 0 Å². The second-order valence-corrected chi connectivity index (χ2v) is 4.47. The van der Waals surface area contributed by atoms with E-state index in [0.717, 1.165) is 10.9 Å². The van der Waals surface area contributed by atoms with E-state index in [1.807, 2.05) is 0 Å². The molecular weight excluding hydrogens is 214 g/mol. The molecule has 12 heavy (non-hydrogen) atoms. The van der Waals surface area contributed by atoms with Crippen molar-refractivity contribution in [2.45, 2.75) is 19.4 Å². The second-order valence-electron chi connectivity index (χ2n) is 3.55. The topological polar surface area (TPSA) is 26.0 Å². The first-order chi connectivity index (χ1) is 5.68. The molecule has 1 aromatic rings. The molecule has 1 nitrogen and oxygen atoms in total. The third-order valence-electron chi connectivity index (χ3n) is 2.62. The molecule has 2 atom stereocenters. The zero-order valence-electron chi connectivity index (χ0n) is 7.05. The van der Waals surface area contributed by atoms with E-state index in [0.29, 0.717) is 5.92 Å². The van der Waals surface area contributed by atoms with E-state index in [1.54, 1.807) is 0 Å². The van der Waals surface area contributed by atoms with Crippen LogP contribution < -0.4 is 5.73 Å². The molecule has 0 aromatic heterocycles. The Kier molecular flexibility index (Phi) is 1.97. The fourth-order valence-electron chi connectivity index (χ4n) is 1.84. The lowest BCUT2D eigenvalue weighted by Crippen LogP contribution is -2.13. The van der Waals surface area contributed by atoms with Crippen LogP contribution in [-0.2, 0) is 6.42 Å². The third-order valence-corrected chi connectivity index (χ3v) is 3.12. The lowest BCUT2D eigenvalue weighted by molar-refractivity contribution is 0.513. The summed E-state index contributed by atoms with van der Waals surface area (Å²) in [4.78, 5) is 0. The van der Waals surface area contributed by atoms with E-state index in [-0.39, 0.29) is 6.04 Å². The van der Waals surface area contributed by atoms with Crippen molar-refractivity contribution < 1.29 is 0 Å². The number of benzene rings is 1. The van der Waals surface area contributed by atoms with Gasteiger partial charge in [0, 0.05) is 10.5 Å². The molecule has 1 aliphatic carbocycles. The summed E-state index contributed by atoms with van der Waals surface area (Å²) in [6.07, 6.45) is 1.13. The Balaban J connectivity index is 2.48. The zero-order chi connectivity index (χ0) is 8.72. The highest BCUT2D eigenvalue weighted by atomic mass is 79.9. The van der Waals surface area contributed by atoms with Gasteiger partial charge in [-0.1, -0.05) is 28.9 Å². The van der Waals surface area contributed by atoms with Gasteiger partial charge < -0.3 is 5.73 Å². The molecule has 0 aliphatic heterocycles. The Bertz CT molecular complexity index is 309. The van der Waals surface area contributed by atoms with Crippen LogP contribution in [0.5, 0.6) is 0 Å². The maximum atomic E-state index is 6.04. The summed E-state index contributed by atoms with van der Waals surface area (Å²) in [5, 5.41) is 0. The highest BCUT2D eigenvalue weighted by molar-refractivity contribution is 9.10. The van der Waals surface area contributed by atoms with Crippen molar-refractivity contribution >= 4 is 15.9 Å². The van der Waals surface area contributed by atoms with Crippen molar-refractivity contribution in [2.75, 3.05) is 0 Å². The molecule has 2 N–H and O–H groups in total. The average molecular weight is 226 g/mol. The summed E-state index contributed by atoms with van der Waals surface area (Å²) in [5.41, 5.74) is 8.77. The summed E-state index contributed by atoms with van der Waals surface area (Å²) in [6.45, 7) is 2.21. The van der Waals surface area contributed by atoms with Gasteiger partial charge in [-0.25, -0.2) is 0 Å². The molecule has 1 aromatic carbocycles. The first kappa shape index (κ1) is 8.27. The van der Waals surface area contributed by atoms with E-state index in [4.69, 9.17) is 5.73 Å². The molecule has 2 rings (SSSR count). The molecule has 64 valence electrons. The van der Waals surface area contributed by atoms with Gasteiger partial charge >= 0.3 is 0 Å². The summed E-state index contributed by atoms with van der Waals surface area (Å²) in [6, 6.07) is 6.63. The Morgan fingerprint density at radius 2 is 2.25 bits per heavy atom. The van der Waals surface area contributed by atoms with Gasteiger partial charge in [0.15, 0.2) is 0 Å².